The smallest absolute Gasteiger partial charge is 0.264 e. The Morgan fingerprint density at radius 1 is 0.944 bits per heavy atom. The fraction of sp³-hybridized carbons (Fsp3) is 0.231. The molecule has 2 N–H and O–H groups in total. The number of hydrogen-bond acceptors (Lipinski definition) is 4. The average Bonchev–Trinajstić information content (AvgIpc) is 2.82. The third-order valence-electron chi connectivity index (χ3n) is 5.29. The van der Waals surface area contributed by atoms with E-state index in [0.717, 1.165) is 22.7 Å². The Hall–Kier alpha value is -3.07. The summed E-state index contributed by atoms with van der Waals surface area (Å²) >= 11 is 12.3. The van der Waals surface area contributed by atoms with E-state index in [1.165, 1.54) is 30.3 Å². The summed E-state index contributed by atoms with van der Waals surface area (Å²) in [5.74, 6) is -0.972. The molecule has 0 saturated heterocycles. The van der Waals surface area contributed by atoms with Crippen LogP contribution in [0.4, 0.5) is 11.4 Å². The van der Waals surface area contributed by atoms with E-state index >= 15 is 0 Å². The lowest BCUT2D eigenvalue weighted by atomic mass is 10.1. The van der Waals surface area contributed by atoms with Crippen molar-refractivity contribution >= 4 is 56.4 Å². The van der Waals surface area contributed by atoms with Crippen LogP contribution in [0.2, 0.25) is 10.0 Å². The van der Waals surface area contributed by atoms with Crippen LogP contribution in [-0.2, 0) is 14.8 Å². The molecule has 0 aromatic heterocycles. The number of rotatable bonds is 10. The first-order valence-corrected chi connectivity index (χ1v) is 13.5. The summed E-state index contributed by atoms with van der Waals surface area (Å²) in [7, 11) is -4.16. The van der Waals surface area contributed by atoms with E-state index in [9.17, 15) is 18.0 Å². The van der Waals surface area contributed by atoms with Crippen molar-refractivity contribution < 1.29 is 18.0 Å². The number of para-hydroxylation sites is 1. The first-order valence-electron chi connectivity index (χ1n) is 11.3. The van der Waals surface area contributed by atoms with Gasteiger partial charge in [-0.15, -0.1) is 0 Å². The van der Waals surface area contributed by atoms with Crippen molar-refractivity contribution in [3.63, 3.8) is 0 Å². The van der Waals surface area contributed by atoms with Gasteiger partial charge in [0.2, 0.25) is 5.91 Å². The van der Waals surface area contributed by atoms with Gasteiger partial charge in [0.05, 0.1) is 21.8 Å². The number of carbonyl (C=O) groups excluding carboxylic acids is 2. The number of hydrogen-bond donors (Lipinski definition) is 2. The van der Waals surface area contributed by atoms with Crippen molar-refractivity contribution in [3.05, 3.63) is 87.9 Å². The van der Waals surface area contributed by atoms with Crippen molar-refractivity contribution in [1.82, 2.24) is 5.32 Å². The van der Waals surface area contributed by atoms with E-state index in [1.807, 2.05) is 13.8 Å². The molecule has 0 bridgehead atoms. The zero-order valence-corrected chi connectivity index (χ0v) is 22.3. The van der Waals surface area contributed by atoms with Crippen LogP contribution < -0.4 is 14.9 Å². The molecule has 3 aromatic carbocycles. The molecule has 36 heavy (non-hydrogen) atoms. The minimum atomic E-state index is -4.16. The van der Waals surface area contributed by atoms with E-state index in [0.29, 0.717) is 6.54 Å². The molecule has 3 aromatic rings. The second-order valence-corrected chi connectivity index (χ2v) is 10.9. The van der Waals surface area contributed by atoms with Crippen LogP contribution in [-0.4, -0.2) is 33.3 Å². The Morgan fingerprint density at radius 2 is 1.58 bits per heavy atom. The third kappa shape index (κ3) is 7.00. The fourth-order valence-corrected chi connectivity index (χ4v) is 5.34. The monoisotopic (exact) mass is 547 g/mol. The number of nitrogens with zero attached hydrogens (tertiary/aromatic N) is 1. The van der Waals surface area contributed by atoms with Crippen molar-refractivity contribution in [2.45, 2.75) is 31.6 Å². The second kappa shape index (κ2) is 12.3. The molecule has 0 heterocycles. The third-order valence-corrected chi connectivity index (χ3v) is 7.52. The van der Waals surface area contributed by atoms with Crippen LogP contribution in [0.3, 0.4) is 0 Å². The lowest BCUT2D eigenvalue weighted by molar-refractivity contribution is -0.114. The molecule has 0 unspecified atom stereocenters. The number of aryl methyl sites for hydroxylation is 1. The highest BCUT2D eigenvalue weighted by Gasteiger charge is 2.28. The zero-order valence-electron chi connectivity index (χ0n) is 19.9. The quantitative estimate of drug-likeness (QED) is 0.320. The number of amides is 2. The molecule has 0 aliphatic carbocycles. The van der Waals surface area contributed by atoms with Crippen molar-refractivity contribution in [1.29, 1.82) is 0 Å². The van der Waals surface area contributed by atoms with Gasteiger partial charge in [-0.25, -0.2) is 8.42 Å². The van der Waals surface area contributed by atoms with Gasteiger partial charge in [-0.2, -0.15) is 0 Å². The Labute approximate surface area is 221 Å². The minimum Gasteiger partial charge on any atom is -0.352 e. The summed E-state index contributed by atoms with van der Waals surface area (Å²) in [5.41, 5.74) is 1.57. The minimum absolute atomic E-state index is 0.00713. The molecular formula is C26H27Cl2N3O4S. The van der Waals surface area contributed by atoms with E-state index in [-0.39, 0.29) is 37.8 Å². The first kappa shape index (κ1) is 27.5. The number of unbranched alkanes of at least 4 members (excludes halogenated alkanes) is 1. The number of carbonyl (C=O) groups is 2. The summed E-state index contributed by atoms with van der Waals surface area (Å²) < 4.78 is 28.1. The normalized spacial score (nSPS) is 11.1. The van der Waals surface area contributed by atoms with Gasteiger partial charge in [-0.05, 0) is 55.8 Å². The Morgan fingerprint density at radius 3 is 2.22 bits per heavy atom. The lowest BCUT2D eigenvalue weighted by Gasteiger charge is -2.25. The highest BCUT2D eigenvalue weighted by Crippen LogP contribution is 2.30. The Kier molecular flexibility index (Phi) is 9.37. The number of sulfonamides is 1. The van der Waals surface area contributed by atoms with Gasteiger partial charge in [-0.3, -0.25) is 13.9 Å². The van der Waals surface area contributed by atoms with Gasteiger partial charge in [0.15, 0.2) is 0 Å². The predicted molar refractivity (Wildman–Crippen MR) is 144 cm³/mol. The number of benzene rings is 3. The standard InChI is InChI=1S/C26H27Cl2N3O4S/c1-3-4-13-29-26(33)23-7-5-6-8-24(23)30-25(32)17-31(21-15-19(27)14-20(28)16-21)36(34,35)22-11-9-18(2)10-12-22/h5-12,14-16H,3-4,13,17H2,1-2H3,(H,29,33)(H,30,32). The highest BCUT2D eigenvalue weighted by molar-refractivity contribution is 7.92. The Balaban J connectivity index is 1.92. The van der Waals surface area contributed by atoms with Crippen LogP contribution in [0.15, 0.2) is 71.6 Å². The Bertz CT molecular complexity index is 1330. The molecule has 0 radical (unpaired) electrons. The molecule has 0 spiro atoms. The van der Waals surface area contributed by atoms with E-state index in [1.54, 1.807) is 36.4 Å². The van der Waals surface area contributed by atoms with Crippen molar-refractivity contribution in [3.8, 4) is 0 Å². The molecule has 7 nitrogen and oxygen atoms in total. The van der Waals surface area contributed by atoms with Gasteiger partial charge < -0.3 is 10.6 Å². The van der Waals surface area contributed by atoms with Crippen molar-refractivity contribution in [2.75, 3.05) is 22.7 Å². The molecule has 0 aliphatic rings. The number of halogens is 2. The summed E-state index contributed by atoms with van der Waals surface area (Å²) in [5, 5.41) is 5.93. The second-order valence-electron chi connectivity index (χ2n) is 8.16. The molecular weight excluding hydrogens is 521 g/mol. The maximum Gasteiger partial charge on any atom is 0.264 e. The van der Waals surface area contributed by atoms with Gasteiger partial charge in [-0.1, -0.05) is 66.4 Å². The fourth-order valence-electron chi connectivity index (χ4n) is 3.42. The van der Waals surface area contributed by atoms with Gasteiger partial charge in [0.1, 0.15) is 6.54 Å². The SMILES string of the molecule is CCCCNC(=O)c1ccccc1NC(=O)CN(c1cc(Cl)cc(Cl)c1)S(=O)(=O)c1ccc(C)cc1. The molecule has 0 fully saturated rings. The van der Waals surface area contributed by atoms with Gasteiger partial charge in [0, 0.05) is 16.6 Å². The zero-order chi connectivity index (χ0) is 26.3. The molecule has 0 saturated carbocycles. The molecule has 190 valence electrons. The molecule has 10 heteroatoms. The largest absolute Gasteiger partial charge is 0.352 e. The summed E-state index contributed by atoms with van der Waals surface area (Å²) in [6.07, 6.45) is 1.76. The maximum absolute atomic E-state index is 13.6. The molecule has 2 amide bonds. The molecule has 0 aliphatic heterocycles. The summed E-state index contributed by atoms with van der Waals surface area (Å²) in [4.78, 5) is 25.7. The summed E-state index contributed by atoms with van der Waals surface area (Å²) in [6.45, 7) is 3.80. The van der Waals surface area contributed by atoms with Gasteiger partial charge >= 0.3 is 0 Å². The van der Waals surface area contributed by atoms with Crippen LogP contribution in [0, 0.1) is 6.92 Å². The van der Waals surface area contributed by atoms with Gasteiger partial charge in [0.25, 0.3) is 15.9 Å². The highest BCUT2D eigenvalue weighted by atomic mass is 35.5. The van der Waals surface area contributed by atoms with E-state index < -0.39 is 22.5 Å². The maximum atomic E-state index is 13.6. The van der Waals surface area contributed by atoms with E-state index in [4.69, 9.17) is 23.2 Å². The van der Waals surface area contributed by atoms with Crippen LogP contribution >= 0.6 is 23.2 Å². The van der Waals surface area contributed by atoms with E-state index in [2.05, 4.69) is 10.6 Å². The molecule has 3 rings (SSSR count). The van der Waals surface area contributed by atoms with Crippen LogP contribution in [0.25, 0.3) is 0 Å². The summed E-state index contributed by atoms with van der Waals surface area (Å²) in [6, 6.07) is 17.1. The predicted octanol–water partition coefficient (Wildman–Crippen LogP) is 5.67. The van der Waals surface area contributed by atoms with Crippen LogP contribution in [0.1, 0.15) is 35.7 Å². The lowest BCUT2D eigenvalue weighted by Crippen LogP contribution is -2.38. The average molecular weight is 548 g/mol. The van der Waals surface area contributed by atoms with Crippen LogP contribution in [0.5, 0.6) is 0 Å². The topological polar surface area (TPSA) is 95.6 Å². The number of anilines is 2. The first-order chi connectivity index (χ1) is 17.1. The number of nitrogens with one attached hydrogen (secondary N) is 2. The van der Waals surface area contributed by atoms with Crippen molar-refractivity contribution in [2.24, 2.45) is 0 Å². The molecule has 0 atom stereocenters.